The molecule has 1 amide bonds. The number of carbonyl (C=O) groups excluding carboxylic acids is 1. The highest BCUT2D eigenvalue weighted by atomic mass is 35.5. The lowest BCUT2D eigenvalue weighted by Crippen LogP contribution is -2.52. The average molecular weight is 389 g/mol. The first-order valence-corrected chi connectivity index (χ1v) is 11.2. The first kappa shape index (κ1) is 18.0. The Bertz CT molecular complexity index is 703. The van der Waals surface area contributed by atoms with Gasteiger partial charge in [0.05, 0.1) is 17.3 Å². The molecule has 0 aromatic heterocycles. The summed E-state index contributed by atoms with van der Waals surface area (Å²) in [5, 5.41) is 0.674. The van der Waals surface area contributed by atoms with Gasteiger partial charge in [-0.2, -0.15) is 0 Å². The standard InChI is InChI=1S/C16H21ClN2O3S2/c17-13-2-1-3-15(10-13)23-11-16(20)19-7-5-18(6-8-19)14-4-9-24(21,22)12-14/h1-3,10,14H,4-9,11-12H2/t14-/m1/s1. The largest absolute Gasteiger partial charge is 0.339 e. The van der Waals surface area contributed by atoms with Crippen LogP contribution in [0.3, 0.4) is 0 Å². The molecule has 0 radical (unpaired) electrons. The van der Waals surface area contributed by atoms with Crippen molar-refractivity contribution in [2.75, 3.05) is 43.4 Å². The van der Waals surface area contributed by atoms with Crippen molar-refractivity contribution in [1.29, 1.82) is 0 Å². The van der Waals surface area contributed by atoms with E-state index in [-0.39, 0.29) is 17.7 Å². The van der Waals surface area contributed by atoms with Crippen LogP contribution in [0.15, 0.2) is 29.2 Å². The fourth-order valence-electron chi connectivity index (χ4n) is 3.19. The molecule has 0 saturated carbocycles. The molecule has 3 rings (SSSR count). The fraction of sp³-hybridized carbons (Fsp3) is 0.562. The van der Waals surface area contributed by atoms with Crippen molar-refractivity contribution in [2.45, 2.75) is 17.4 Å². The van der Waals surface area contributed by atoms with Gasteiger partial charge in [-0.25, -0.2) is 8.42 Å². The summed E-state index contributed by atoms with van der Waals surface area (Å²) in [6, 6.07) is 7.63. The van der Waals surface area contributed by atoms with Gasteiger partial charge in [0.25, 0.3) is 0 Å². The smallest absolute Gasteiger partial charge is 0.233 e. The van der Waals surface area contributed by atoms with Crippen LogP contribution in [-0.4, -0.2) is 73.6 Å². The van der Waals surface area contributed by atoms with Gasteiger partial charge < -0.3 is 4.90 Å². The summed E-state index contributed by atoms with van der Waals surface area (Å²) in [5.41, 5.74) is 0. The van der Waals surface area contributed by atoms with Crippen LogP contribution in [0.4, 0.5) is 0 Å². The Morgan fingerprint density at radius 1 is 1.25 bits per heavy atom. The maximum Gasteiger partial charge on any atom is 0.233 e. The Hall–Kier alpha value is -0.760. The third-order valence-corrected chi connectivity index (χ3v) is 7.51. The number of thioether (sulfide) groups is 1. The van der Waals surface area contributed by atoms with Gasteiger partial charge in [-0.1, -0.05) is 17.7 Å². The molecule has 0 bridgehead atoms. The number of piperazine rings is 1. The quantitative estimate of drug-likeness (QED) is 0.736. The average Bonchev–Trinajstić information content (AvgIpc) is 2.93. The van der Waals surface area contributed by atoms with Gasteiger partial charge >= 0.3 is 0 Å². The minimum Gasteiger partial charge on any atom is -0.339 e. The van der Waals surface area contributed by atoms with Crippen molar-refractivity contribution in [3.05, 3.63) is 29.3 Å². The minimum atomic E-state index is -2.85. The second-order valence-electron chi connectivity index (χ2n) is 6.22. The summed E-state index contributed by atoms with van der Waals surface area (Å²) in [6.07, 6.45) is 0.723. The molecule has 132 valence electrons. The van der Waals surface area contributed by atoms with Crippen molar-refractivity contribution >= 4 is 39.1 Å². The molecular weight excluding hydrogens is 368 g/mol. The molecule has 24 heavy (non-hydrogen) atoms. The fourth-order valence-corrected chi connectivity index (χ4v) is 6.07. The van der Waals surface area contributed by atoms with Gasteiger partial charge in [0.15, 0.2) is 9.84 Å². The predicted octanol–water partition coefficient (Wildman–Crippen LogP) is 1.76. The topological polar surface area (TPSA) is 57.7 Å². The lowest BCUT2D eigenvalue weighted by Gasteiger charge is -2.37. The minimum absolute atomic E-state index is 0.124. The van der Waals surface area contributed by atoms with E-state index in [1.807, 2.05) is 29.2 Å². The first-order chi connectivity index (χ1) is 11.4. The molecular formula is C16H21ClN2O3S2. The van der Waals surface area contributed by atoms with E-state index in [1.165, 1.54) is 11.8 Å². The second kappa shape index (κ2) is 7.64. The van der Waals surface area contributed by atoms with E-state index in [0.29, 0.717) is 29.6 Å². The summed E-state index contributed by atoms with van der Waals surface area (Å²) >= 11 is 7.44. The molecule has 1 atom stereocenters. The lowest BCUT2D eigenvalue weighted by molar-refractivity contribution is -0.130. The number of hydrogen-bond donors (Lipinski definition) is 0. The molecule has 0 N–H and O–H groups in total. The van der Waals surface area contributed by atoms with Gasteiger partial charge in [-0.15, -0.1) is 11.8 Å². The zero-order valence-corrected chi connectivity index (χ0v) is 15.7. The molecule has 0 aliphatic carbocycles. The highest BCUT2D eigenvalue weighted by Crippen LogP contribution is 2.23. The van der Waals surface area contributed by atoms with Crippen molar-refractivity contribution in [3.8, 4) is 0 Å². The van der Waals surface area contributed by atoms with Crippen LogP contribution in [-0.2, 0) is 14.6 Å². The Kier molecular flexibility index (Phi) is 5.74. The SMILES string of the molecule is O=C(CSc1cccc(Cl)c1)N1CCN([C@@H]2CCS(=O)(=O)C2)CC1. The molecule has 5 nitrogen and oxygen atoms in total. The molecule has 2 aliphatic rings. The Morgan fingerprint density at radius 2 is 2.00 bits per heavy atom. The number of carbonyl (C=O) groups is 1. The van der Waals surface area contributed by atoms with E-state index in [9.17, 15) is 13.2 Å². The highest BCUT2D eigenvalue weighted by molar-refractivity contribution is 8.00. The highest BCUT2D eigenvalue weighted by Gasteiger charge is 2.34. The zero-order valence-electron chi connectivity index (χ0n) is 13.4. The van der Waals surface area contributed by atoms with Crippen LogP contribution < -0.4 is 0 Å². The maximum atomic E-state index is 12.3. The zero-order chi connectivity index (χ0) is 17.2. The molecule has 1 aromatic rings. The molecule has 2 fully saturated rings. The number of rotatable bonds is 4. The molecule has 2 aliphatic heterocycles. The van der Waals surface area contributed by atoms with Crippen molar-refractivity contribution in [3.63, 3.8) is 0 Å². The van der Waals surface area contributed by atoms with E-state index < -0.39 is 9.84 Å². The van der Waals surface area contributed by atoms with Gasteiger partial charge in [-0.05, 0) is 24.6 Å². The number of amides is 1. The van der Waals surface area contributed by atoms with Gasteiger partial charge in [0.1, 0.15) is 0 Å². The van der Waals surface area contributed by atoms with Crippen LogP contribution in [0.1, 0.15) is 6.42 Å². The van der Waals surface area contributed by atoms with Crippen LogP contribution in [0.2, 0.25) is 5.02 Å². The van der Waals surface area contributed by atoms with E-state index in [4.69, 9.17) is 11.6 Å². The molecule has 0 unspecified atom stereocenters. The van der Waals surface area contributed by atoms with Gasteiger partial charge in [0, 0.05) is 42.1 Å². The van der Waals surface area contributed by atoms with Crippen molar-refractivity contribution < 1.29 is 13.2 Å². The maximum absolute atomic E-state index is 12.3. The van der Waals surface area contributed by atoms with Crippen molar-refractivity contribution in [1.82, 2.24) is 9.80 Å². The first-order valence-electron chi connectivity index (χ1n) is 8.03. The van der Waals surface area contributed by atoms with Crippen LogP contribution in [0.25, 0.3) is 0 Å². The number of hydrogen-bond acceptors (Lipinski definition) is 5. The summed E-state index contributed by atoms with van der Waals surface area (Å²) in [7, 11) is -2.85. The molecule has 2 saturated heterocycles. The molecule has 8 heteroatoms. The Labute approximate surface area is 152 Å². The van der Waals surface area contributed by atoms with Crippen LogP contribution in [0, 0.1) is 0 Å². The van der Waals surface area contributed by atoms with E-state index in [1.54, 1.807) is 0 Å². The van der Waals surface area contributed by atoms with Crippen LogP contribution >= 0.6 is 23.4 Å². The van der Waals surface area contributed by atoms with Gasteiger partial charge in [0.2, 0.25) is 5.91 Å². The molecule has 1 aromatic carbocycles. The van der Waals surface area contributed by atoms with E-state index >= 15 is 0 Å². The number of halogens is 1. The Morgan fingerprint density at radius 3 is 2.62 bits per heavy atom. The van der Waals surface area contributed by atoms with E-state index in [2.05, 4.69) is 4.90 Å². The normalized spacial score (nSPS) is 24.2. The third kappa shape index (κ3) is 4.65. The van der Waals surface area contributed by atoms with Crippen molar-refractivity contribution in [2.24, 2.45) is 0 Å². The number of benzene rings is 1. The lowest BCUT2D eigenvalue weighted by atomic mass is 10.2. The summed E-state index contributed by atoms with van der Waals surface area (Å²) in [4.78, 5) is 17.4. The molecule has 0 spiro atoms. The Balaban J connectivity index is 1.45. The summed E-state index contributed by atoms with van der Waals surface area (Å²) < 4.78 is 23.2. The monoisotopic (exact) mass is 388 g/mol. The van der Waals surface area contributed by atoms with Gasteiger partial charge in [-0.3, -0.25) is 9.69 Å². The van der Waals surface area contributed by atoms with Crippen LogP contribution in [0.5, 0.6) is 0 Å². The summed E-state index contributed by atoms with van der Waals surface area (Å²) in [5.74, 6) is 1.09. The second-order valence-corrected chi connectivity index (χ2v) is 9.93. The molecule has 2 heterocycles. The number of sulfone groups is 1. The third-order valence-electron chi connectivity index (χ3n) is 4.55. The number of nitrogens with zero attached hydrogens (tertiary/aromatic N) is 2. The predicted molar refractivity (Wildman–Crippen MR) is 97.4 cm³/mol. The van der Waals surface area contributed by atoms with E-state index in [0.717, 1.165) is 24.4 Å². The summed E-state index contributed by atoms with van der Waals surface area (Å²) in [6.45, 7) is 2.86.